The minimum absolute atomic E-state index is 0. The topological polar surface area (TPSA) is 61.8 Å². The van der Waals surface area contributed by atoms with E-state index in [0.717, 1.165) is 49.7 Å². The number of anilines is 2. The molecule has 0 atom stereocenters. The van der Waals surface area contributed by atoms with Crippen LogP contribution in [-0.2, 0) is 10.2 Å². The number of ether oxygens (including phenoxy) is 1. The third-order valence-electron chi connectivity index (χ3n) is 5.57. The third-order valence-corrected chi connectivity index (χ3v) is 5.57. The average molecular weight is 389 g/mol. The number of nitrogens with one attached hydrogen (secondary N) is 1. The van der Waals surface area contributed by atoms with Crippen molar-refractivity contribution in [1.82, 2.24) is 4.90 Å². The van der Waals surface area contributed by atoms with Crippen LogP contribution in [-0.4, -0.2) is 42.2 Å². The van der Waals surface area contributed by atoms with Gasteiger partial charge < -0.3 is 20.1 Å². The number of likely N-dealkylation sites (tertiary alicyclic amines) is 1. The van der Waals surface area contributed by atoms with Crippen LogP contribution < -0.4 is 10.1 Å². The maximum atomic E-state index is 10.8. The molecule has 2 aliphatic rings. The molecule has 0 radical (unpaired) electrons. The van der Waals surface area contributed by atoms with Crippen molar-refractivity contribution in [2.24, 2.45) is 0 Å². The highest BCUT2D eigenvalue weighted by Gasteiger charge is 2.43. The molecule has 0 unspecified atom stereocenters. The smallest absolute Gasteiger partial charge is 0.304 e. The Morgan fingerprint density at radius 1 is 1.11 bits per heavy atom. The number of hydrogen-bond donors (Lipinski definition) is 2. The minimum Gasteiger partial charge on any atom is -0.492 e. The van der Waals surface area contributed by atoms with Gasteiger partial charge in [-0.05, 0) is 44.1 Å². The van der Waals surface area contributed by atoms with Crippen LogP contribution in [0.5, 0.6) is 5.75 Å². The molecule has 27 heavy (non-hydrogen) atoms. The number of aliphatic carboxylic acids is 1. The number of para-hydroxylation sites is 1. The molecule has 0 saturated carbocycles. The molecular formula is C21H25ClN2O3. The first kappa shape index (κ1) is 19.5. The van der Waals surface area contributed by atoms with Gasteiger partial charge in [0.15, 0.2) is 0 Å². The number of rotatable bonds is 5. The van der Waals surface area contributed by atoms with Crippen molar-refractivity contribution in [2.75, 3.05) is 31.6 Å². The highest BCUT2D eigenvalue weighted by molar-refractivity contribution is 5.85. The maximum absolute atomic E-state index is 10.8. The molecule has 2 aromatic rings. The van der Waals surface area contributed by atoms with Crippen molar-refractivity contribution in [2.45, 2.75) is 24.7 Å². The van der Waals surface area contributed by atoms with Crippen LogP contribution in [0.2, 0.25) is 0 Å². The van der Waals surface area contributed by atoms with Gasteiger partial charge in [0.1, 0.15) is 5.75 Å². The summed E-state index contributed by atoms with van der Waals surface area (Å²) in [6, 6.07) is 16.5. The van der Waals surface area contributed by atoms with E-state index in [4.69, 9.17) is 9.84 Å². The van der Waals surface area contributed by atoms with Gasteiger partial charge in [0.2, 0.25) is 0 Å². The lowest BCUT2D eigenvalue weighted by Gasteiger charge is -2.38. The third kappa shape index (κ3) is 4.20. The highest BCUT2D eigenvalue weighted by Crippen LogP contribution is 2.46. The van der Waals surface area contributed by atoms with Crippen molar-refractivity contribution in [3.63, 3.8) is 0 Å². The van der Waals surface area contributed by atoms with Crippen LogP contribution >= 0.6 is 12.4 Å². The summed E-state index contributed by atoms with van der Waals surface area (Å²) in [5, 5.41) is 12.3. The zero-order chi connectivity index (χ0) is 18.0. The van der Waals surface area contributed by atoms with Gasteiger partial charge in [0, 0.05) is 35.0 Å². The molecule has 1 saturated heterocycles. The fourth-order valence-corrected chi connectivity index (χ4v) is 4.01. The Morgan fingerprint density at radius 3 is 2.56 bits per heavy atom. The number of benzene rings is 2. The minimum atomic E-state index is -0.724. The van der Waals surface area contributed by atoms with E-state index in [1.54, 1.807) is 0 Å². The summed E-state index contributed by atoms with van der Waals surface area (Å²) in [4.78, 5) is 13.0. The van der Waals surface area contributed by atoms with Crippen LogP contribution in [0.3, 0.4) is 0 Å². The van der Waals surface area contributed by atoms with Gasteiger partial charge in [-0.2, -0.15) is 0 Å². The quantitative estimate of drug-likeness (QED) is 0.809. The number of carboxylic acids is 1. The monoisotopic (exact) mass is 388 g/mol. The Balaban J connectivity index is 0.00000210. The molecule has 6 heteroatoms. The van der Waals surface area contributed by atoms with Crippen molar-refractivity contribution < 1.29 is 14.6 Å². The molecule has 4 rings (SSSR count). The molecule has 0 bridgehead atoms. The average Bonchev–Trinajstić information content (AvgIpc) is 3.00. The molecule has 2 aliphatic heterocycles. The molecule has 5 nitrogen and oxygen atoms in total. The highest BCUT2D eigenvalue weighted by atomic mass is 35.5. The van der Waals surface area contributed by atoms with Gasteiger partial charge in [-0.25, -0.2) is 0 Å². The van der Waals surface area contributed by atoms with Gasteiger partial charge >= 0.3 is 5.97 Å². The number of hydrogen-bond acceptors (Lipinski definition) is 4. The SMILES string of the molecule is Cl.O=C(O)CCN1CCC2(CC1)COc1cc(Nc3ccccc3)ccc12. The normalized spacial score (nSPS) is 17.6. The zero-order valence-corrected chi connectivity index (χ0v) is 16.0. The van der Waals surface area contributed by atoms with Crippen LogP contribution in [0.25, 0.3) is 0 Å². The summed E-state index contributed by atoms with van der Waals surface area (Å²) >= 11 is 0. The van der Waals surface area contributed by atoms with Gasteiger partial charge in [0.25, 0.3) is 0 Å². The first-order valence-electron chi connectivity index (χ1n) is 9.18. The lowest BCUT2D eigenvalue weighted by molar-refractivity contribution is -0.137. The number of nitrogens with zero attached hydrogens (tertiary/aromatic N) is 1. The Hall–Kier alpha value is -2.24. The van der Waals surface area contributed by atoms with Crippen molar-refractivity contribution >= 4 is 29.8 Å². The molecular weight excluding hydrogens is 364 g/mol. The van der Waals surface area contributed by atoms with Crippen LogP contribution in [0.1, 0.15) is 24.8 Å². The van der Waals surface area contributed by atoms with E-state index in [9.17, 15) is 4.79 Å². The fraction of sp³-hybridized carbons (Fsp3) is 0.381. The Morgan fingerprint density at radius 2 is 1.85 bits per heavy atom. The van der Waals surface area contributed by atoms with Crippen LogP contribution in [0, 0.1) is 0 Å². The second kappa shape index (κ2) is 8.19. The van der Waals surface area contributed by atoms with E-state index < -0.39 is 5.97 Å². The number of carboxylic acid groups (broad SMARTS) is 1. The molecule has 0 amide bonds. The van der Waals surface area contributed by atoms with Crippen molar-refractivity contribution in [1.29, 1.82) is 0 Å². The molecule has 2 N–H and O–H groups in total. The summed E-state index contributed by atoms with van der Waals surface area (Å²) in [6.07, 6.45) is 2.25. The number of fused-ring (bicyclic) bond motifs is 2. The first-order valence-corrected chi connectivity index (χ1v) is 9.18. The van der Waals surface area contributed by atoms with E-state index in [1.165, 1.54) is 5.56 Å². The predicted octanol–water partition coefficient (Wildman–Crippen LogP) is 4.05. The van der Waals surface area contributed by atoms with E-state index >= 15 is 0 Å². The molecule has 1 fully saturated rings. The summed E-state index contributed by atoms with van der Waals surface area (Å²) < 4.78 is 6.05. The summed E-state index contributed by atoms with van der Waals surface area (Å²) in [6.45, 7) is 3.23. The first-order chi connectivity index (χ1) is 12.6. The van der Waals surface area contributed by atoms with Gasteiger partial charge in [-0.15, -0.1) is 12.4 Å². The number of halogens is 1. The molecule has 2 heterocycles. The Bertz CT molecular complexity index is 789. The predicted molar refractivity (Wildman–Crippen MR) is 109 cm³/mol. The second-order valence-electron chi connectivity index (χ2n) is 7.26. The summed E-state index contributed by atoms with van der Waals surface area (Å²) in [5.74, 6) is 0.253. The van der Waals surface area contributed by atoms with E-state index in [1.807, 2.05) is 30.3 Å². The van der Waals surface area contributed by atoms with E-state index in [-0.39, 0.29) is 24.2 Å². The lowest BCUT2D eigenvalue weighted by atomic mass is 9.74. The fourth-order valence-electron chi connectivity index (χ4n) is 4.01. The molecule has 1 spiro atoms. The van der Waals surface area contributed by atoms with Gasteiger partial charge in [-0.1, -0.05) is 24.3 Å². The second-order valence-corrected chi connectivity index (χ2v) is 7.26. The van der Waals surface area contributed by atoms with Crippen molar-refractivity contribution in [3.8, 4) is 5.75 Å². The molecule has 0 aliphatic carbocycles. The number of carbonyl (C=O) groups is 1. The Kier molecular flexibility index (Phi) is 5.92. The van der Waals surface area contributed by atoms with Crippen molar-refractivity contribution in [3.05, 3.63) is 54.1 Å². The molecule has 0 aromatic heterocycles. The van der Waals surface area contributed by atoms with Crippen LogP contribution in [0.4, 0.5) is 11.4 Å². The standard InChI is InChI=1S/C21H24N2O3.ClH/c24-20(25)8-11-23-12-9-21(10-13-23)15-26-19-14-17(6-7-18(19)21)22-16-4-2-1-3-5-16;/h1-7,14,22H,8-13,15H2,(H,24,25);1H. The largest absolute Gasteiger partial charge is 0.492 e. The van der Waals surface area contributed by atoms with Gasteiger partial charge in [0.05, 0.1) is 13.0 Å². The zero-order valence-electron chi connectivity index (χ0n) is 15.2. The molecule has 2 aromatic carbocycles. The van der Waals surface area contributed by atoms with E-state index in [2.05, 4.69) is 28.4 Å². The van der Waals surface area contributed by atoms with Crippen LogP contribution in [0.15, 0.2) is 48.5 Å². The number of piperidine rings is 1. The summed E-state index contributed by atoms with van der Waals surface area (Å²) in [5.41, 5.74) is 3.48. The lowest BCUT2D eigenvalue weighted by Crippen LogP contribution is -2.44. The molecule has 144 valence electrons. The maximum Gasteiger partial charge on any atom is 0.304 e. The summed E-state index contributed by atoms with van der Waals surface area (Å²) in [7, 11) is 0. The Labute approximate surface area is 165 Å². The van der Waals surface area contributed by atoms with Gasteiger partial charge in [-0.3, -0.25) is 4.79 Å². The van der Waals surface area contributed by atoms with E-state index in [0.29, 0.717) is 6.54 Å².